The predicted molar refractivity (Wildman–Crippen MR) is 82.2 cm³/mol. The third-order valence-corrected chi connectivity index (χ3v) is 3.72. The standard InChI is InChI=1S/C16H19N2O.CO2.Na/c1-11-10-13(17)16-14(18-11)8-5-9-15(16)19-12-6-3-2-4-7-12;2-1-3;/h5,8-9,12H,2-4,6-7H2,1H3,(H2,17,18);;/q-1;;+1. The van der Waals surface area contributed by atoms with Gasteiger partial charge < -0.3 is 10.5 Å². The Labute approximate surface area is 157 Å². The minimum atomic E-state index is 0. The second kappa shape index (κ2) is 9.68. The summed E-state index contributed by atoms with van der Waals surface area (Å²) in [6, 6.07) is 9.01. The molecular formula is C17H19N2NaO3. The molecule has 0 unspecified atom stereocenters. The van der Waals surface area contributed by atoms with Crippen molar-refractivity contribution < 1.29 is 43.9 Å². The van der Waals surface area contributed by atoms with Gasteiger partial charge in [-0.3, -0.25) is 4.98 Å². The van der Waals surface area contributed by atoms with Crippen molar-refractivity contribution in [2.45, 2.75) is 45.1 Å². The molecular weight excluding hydrogens is 303 g/mol. The van der Waals surface area contributed by atoms with E-state index in [-0.39, 0.29) is 35.7 Å². The summed E-state index contributed by atoms with van der Waals surface area (Å²) in [4.78, 5) is 20.7. The molecule has 1 aliphatic rings. The van der Waals surface area contributed by atoms with E-state index in [4.69, 9.17) is 20.1 Å². The van der Waals surface area contributed by atoms with Crippen molar-refractivity contribution in [3.8, 4) is 5.75 Å². The van der Waals surface area contributed by atoms with Gasteiger partial charge in [0.15, 0.2) is 0 Å². The molecule has 1 heterocycles. The Morgan fingerprint density at radius 2 is 1.91 bits per heavy atom. The number of pyridine rings is 1. The second-order valence-corrected chi connectivity index (χ2v) is 5.35. The topological polar surface area (TPSA) is 82.3 Å². The summed E-state index contributed by atoms with van der Waals surface area (Å²) in [5, 5.41) is 0.902. The van der Waals surface area contributed by atoms with Gasteiger partial charge in [0.1, 0.15) is 0 Å². The van der Waals surface area contributed by atoms with Gasteiger partial charge >= 0.3 is 35.7 Å². The Morgan fingerprint density at radius 3 is 2.57 bits per heavy atom. The molecule has 5 nitrogen and oxygen atoms in total. The Hall–Kier alpha value is -1.39. The van der Waals surface area contributed by atoms with E-state index in [1.54, 1.807) is 0 Å². The maximum Gasteiger partial charge on any atom is 1.00 e. The molecule has 3 rings (SSSR count). The smallest absolute Gasteiger partial charge is 0.508 e. The van der Waals surface area contributed by atoms with E-state index in [1.807, 2.05) is 25.1 Å². The molecule has 1 saturated carbocycles. The summed E-state index contributed by atoms with van der Waals surface area (Å²) in [6.07, 6.45) is 6.69. The number of aromatic nitrogens is 1. The van der Waals surface area contributed by atoms with Crippen LogP contribution in [0.1, 0.15) is 37.8 Å². The summed E-state index contributed by atoms with van der Waals surface area (Å²) in [5.41, 5.74) is 8.43. The van der Waals surface area contributed by atoms with E-state index in [0.717, 1.165) is 35.2 Å². The first-order chi connectivity index (χ1) is 10.7. The molecule has 0 radical (unpaired) electrons. The zero-order valence-corrected chi connectivity index (χ0v) is 15.6. The molecule has 0 atom stereocenters. The van der Waals surface area contributed by atoms with Crippen molar-refractivity contribution in [2.24, 2.45) is 0 Å². The molecule has 6 heteroatoms. The molecule has 23 heavy (non-hydrogen) atoms. The summed E-state index contributed by atoms with van der Waals surface area (Å²) in [7, 11) is 0. The van der Waals surface area contributed by atoms with Gasteiger partial charge in [0, 0.05) is 0 Å². The maximum atomic E-state index is 8.12. The SMILES string of the molecule is Cc1[c-]c(N)c2c(OC3CCCCC3)cccc2n1.O=C=O.[Na+]. The normalized spacial score (nSPS) is 14.1. The van der Waals surface area contributed by atoms with E-state index < -0.39 is 0 Å². The Balaban J connectivity index is 0.000000615. The Kier molecular flexibility index (Phi) is 8.28. The molecule has 0 saturated heterocycles. The monoisotopic (exact) mass is 322 g/mol. The van der Waals surface area contributed by atoms with E-state index in [2.05, 4.69) is 11.1 Å². The molecule has 0 spiro atoms. The minimum Gasteiger partial charge on any atom is -0.508 e. The molecule has 1 aromatic heterocycles. The summed E-state index contributed by atoms with van der Waals surface area (Å²) in [6.45, 7) is 1.91. The third-order valence-electron chi connectivity index (χ3n) is 3.72. The Bertz CT molecular complexity index is 679. The number of nitrogens with two attached hydrogens (primary N) is 1. The Morgan fingerprint density at radius 1 is 1.26 bits per heavy atom. The van der Waals surface area contributed by atoms with Gasteiger partial charge in [-0.2, -0.15) is 9.59 Å². The summed E-state index contributed by atoms with van der Waals surface area (Å²) in [5.74, 6) is 0.852. The van der Waals surface area contributed by atoms with E-state index in [0.29, 0.717) is 11.8 Å². The molecule has 116 valence electrons. The molecule has 1 aliphatic carbocycles. The van der Waals surface area contributed by atoms with Crippen LogP contribution in [-0.2, 0) is 9.59 Å². The number of carbonyl (C=O) groups excluding carboxylic acids is 2. The van der Waals surface area contributed by atoms with Gasteiger partial charge in [0.25, 0.3) is 0 Å². The van der Waals surface area contributed by atoms with Crippen LogP contribution in [-0.4, -0.2) is 17.2 Å². The zero-order valence-electron chi connectivity index (χ0n) is 13.6. The molecule has 1 aromatic carbocycles. The number of anilines is 1. The van der Waals surface area contributed by atoms with Crippen LogP contribution in [0, 0.1) is 13.0 Å². The summed E-state index contributed by atoms with van der Waals surface area (Å²) >= 11 is 0. The van der Waals surface area contributed by atoms with Crippen molar-refractivity contribution >= 4 is 22.7 Å². The molecule has 0 amide bonds. The number of fused-ring (bicyclic) bond motifs is 1. The number of nitrogens with zero attached hydrogens (tertiary/aromatic N) is 1. The van der Waals surface area contributed by atoms with Crippen LogP contribution in [0.15, 0.2) is 18.2 Å². The fraction of sp³-hybridized carbons (Fsp3) is 0.412. The van der Waals surface area contributed by atoms with Crippen LogP contribution in [0.4, 0.5) is 5.69 Å². The number of rotatable bonds is 2. The molecule has 2 N–H and O–H groups in total. The van der Waals surface area contributed by atoms with Crippen LogP contribution in [0.5, 0.6) is 5.75 Å². The molecule has 2 aromatic rings. The maximum absolute atomic E-state index is 8.12. The fourth-order valence-corrected chi connectivity index (χ4v) is 2.81. The van der Waals surface area contributed by atoms with Crippen molar-refractivity contribution in [1.29, 1.82) is 0 Å². The molecule has 1 fully saturated rings. The first kappa shape index (κ1) is 19.7. The number of hydrogen-bond donors (Lipinski definition) is 1. The molecule has 0 bridgehead atoms. The van der Waals surface area contributed by atoms with Crippen LogP contribution in [0.3, 0.4) is 0 Å². The van der Waals surface area contributed by atoms with Gasteiger partial charge in [-0.05, 0) is 44.2 Å². The first-order valence-corrected chi connectivity index (χ1v) is 7.39. The van der Waals surface area contributed by atoms with Crippen molar-refractivity contribution in [1.82, 2.24) is 4.98 Å². The van der Waals surface area contributed by atoms with Crippen molar-refractivity contribution in [3.05, 3.63) is 30.0 Å². The largest absolute Gasteiger partial charge is 1.00 e. The van der Waals surface area contributed by atoms with Crippen molar-refractivity contribution in [2.75, 3.05) is 5.73 Å². The van der Waals surface area contributed by atoms with Crippen LogP contribution in [0.25, 0.3) is 10.9 Å². The number of nitrogen functional groups attached to an aromatic ring is 1. The molecule has 0 aliphatic heterocycles. The van der Waals surface area contributed by atoms with Crippen LogP contribution in [0.2, 0.25) is 0 Å². The number of ether oxygens (including phenoxy) is 1. The van der Waals surface area contributed by atoms with Gasteiger partial charge in [0.2, 0.25) is 0 Å². The van der Waals surface area contributed by atoms with Gasteiger partial charge in [-0.1, -0.05) is 29.6 Å². The van der Waals surface area contributed by atoms with E-state index in [1.165, 1.54) is 19.3 Å². The zero-order chi connectivity index (χ0) is 15.9. The second-order valence-electron chi connectivity index (χ2n) is 5.35. The quantitative estimate of drug-likeness (QED) is 0.624. The van der Waals surface area contributed by atoms with Gasteiger partial charge in [0.05, 0.1) is 11.9 Å². The van der Waals surface area contributed by atoms with Crippen LogP contribution < -0.4 is 40.0 Å². The first-order valence-electron chi connectivity index (χ1n) is 7.39. The average molecular weight is 322 g/mol. The van der Waals surface area contributed by atoms with Gasteiger partial charge in [-0.25, -0.2) is 6.07 Å². The number of hydrogen-bond acceptors (Lipinski definition) is 5. The summed E-state index contributed by atoms with van der Waals surface area (Å²) < 4.78 is 6.15. The average Bonchev–Trinajstić information content (AvgIpc) is 2.48. The minimum absolute atomic E-state index is 0. The fourth-order valence-electron chi connectivity index (χ4n) is 2.81. The number of aryl methyl sites for hydroxylation is 1. The third kappa shape index (κ3) is 5.33. The van der Waals surface area contributed by atoms with Crippen molar-refractivity contribution in [3.63, 3.8) is 0 Å². The van der Waals surface area contributed by atoms with Crippen LogP contribution >= 0.6 is 0 Å². The van der Waals surface area contributed by atoms with E-state index >= 15 is 0 Å². The predicted octanol–water partition coefficient (Wildman–Crippen LogP) is 0.0576. The van der Waals surface area contributed by atoms with Gasteiger partial charge in [-0.15, -0.1) is 5.69 Å². The van der Waals surface area contributed by atoms with E-state index in [9.17, 15) is 0 Å². The number of benzene rings is 1.